The average molecular weight is 200 g/mol. The number of carbonyl (C=O) groups is 1. The van der Waals surface area contributed by atoms with E-state index in [1.807, 2.05) is 13.8 Å². The zero-order valence-electron chi connectivity index (χ0n) is 7.88. The maximum Gasteiger partial charge on any atom is 0.294 e. The first-order valence-corrected chi connectivity index (χ1v) is 4.83. The van der Waals surface area contributed by atoms with Crippen molar-refractivity contribution in [1.29, 1.82) is 0 Å². The Hall–Kier alpha value is -0.940. The van der Waals surface area contributed by atoms with Gasteiger partial charge in [0, 0.05) is 4.88 Å². The van der Waals surface area contributed by atoms with E-state index in [-0.39, 0.29) is 5.91 Å². The molecule has 5 heteroatoms. The van der Waals surface area contributed by atoms with Crippen molar-refractivity contribution >= 4 is 17.2 Å². The summed E-state index contributed by atoms with van der Waals surface area (Å²) < 4.78 is 0. The summed E-state index contributed by atoms with van der Waals surface area (Å²) >= 11 is 1.50. The molecule has 0 radical (unpaired) electrons. The summed E-state index contributed by atoms with van der Waals surface area (Å²) in [6.45, 7) is 5.99. The molecule has 1 aromatic heterocycles. The van der Waals surface area contributed by atoms with Crippen molar-refractivity contribution in [2.24, 2.45) is 0 Å². The van der Waals surface area contributed by atoms with Crippen LogP contribution in [0.2, 0.25) is 0 Å². The number of rotatable bonds is 3. The Morgan fingerprint density at radius 1 is 1.62 bits per heavy atom. The second-order valence-electron chi connectivity index (χ2n) is 2.50. The molecule has 0 aromatic carbocycles. The molecule has 4 nitrogen and oxygen atoms in total. The quantitative estimate of drug-likeness (QED) is 0.751. The fourth-order valence-corrected chi connectivity index (χ4v) is 1.74. The van der Waals surface area contributed by atoms with E-state index in [0.717, 1.165) is 9.88 Å². The van der Waals surface area contributed by atoms with Crippen molar-refractivity contribution < 1.29 is 9.63 Å². The standard InChI is InChI=1S/C8H12N2O2S/c1-4-12-10-8(11)7-5(2)13-6(3)9-7/h4H2,1-3H3,(H,10,11). The van der Waals surface area contributed by atoms with Gasteiger partial charge in [0.2, 0.25) is 0 Å². The Labute approximate surface area is 80.9 Å². The van der Waals surface area contributed by atoms with E-state index in [4.69, 9.17) is 4.84 Å². The highest BCUT2D eigenvalue weighted by Crippen LogP contribution is 2.15. The molecule has 0 saturated carbocycles. The maximum atomic E-state index is 11.3. The van der Waals surface area contributed by atoms with Gasteiger partial charge in [-0.3, -0.25) is 9.63 Å². The van der Waals surface area contributed by atoms with E-state index in [2.05, 4.69) is 10.5 Å². The summed E-state index contributed by atoms with van der Waals surface area (Å²) in [5.74, 6) is -0.274. The van der Waals surface area contributed by atoms with Gasteiger partial charge < -0.3 is 0 Å². The second-order valence-corrected chi connectivity index (χ2v) is 3.91. The summed E-state index contributed by atoms with van der Waals surface area (Å²) in [7, 11) is 0. The van der Waals surface area contributed by atoms with Crippen LogP contribution in [0.4, 0.5) is 0 Å². The minimum atomic E-state index is -0.274. The Bertz CT molecular complexity index is 309. The lowest BCUT2D eigenvalue weighted by atomic mass is 10.4. The summed E-state index contributed by atoms with van der Waals surface area (Å²) in [6, 6.07) is 0. The largest absolute Gasteiger partial charge is 0.294 e. The van der Waals surface area contributed by atoms with E-state index in [9.17, 15) is 4.79 Å². The Kier molecular flexibility index (Phi) is 3.39. The molecule has 0 spiro atoms. The predicted octanol–water partition coefficient (Wildman–Crippen LogP) is 1.44. The van der Waals surface area contributed by atoms with E-state index in [0.29, 0.717) is 12.3 Å². The number of amides is 1. The molecule has 0 aliphatic carbocycles. The fraction of sp³-hybridized carbons (Fsp3) is 0.500. The van der Waals surface area contributed by atoms with Gasteiger partial charge in [0.05, 0.1) is 11.6 Å². The molecule has 13 heavy (non-hydrogen) atoms. The van der Waals surface area contributed by atoms with Crippen LogP contribution in [0.25, 0.3) is 0 Å². The van der Waals surface area contributed by atoms with Crippen LogP contribution >= 0.6 is 11.3 Å². The molecule has 0 unspecified atom stereocenters. The molecule has 1 N–H and O–H groups in total. The molecule has 0 aliphatic rings. The van der Waals surface area contributed by atoms with Crippen molar-refractivity contribution in [2.75, 3.05) is 6.61 Å². The summed E-state index contributed by atoms with van der Waals surface area (Å²) in [6.07, 6.45) is 0. The van der Waals surface area contributed by atoms with Crippen molar-refractivity contribution in [3.05, 3.63) is 15.6 Å². The smallest absolute Gasteiger partial charge is 0.274 e. The lowest BCUT2D eigenvalue weighted by molar-refractivity contribution is 0.0360. The number of aryl methyl sites for hydroxylation is 2. The fourth-order valence-electron chi connectivity index (χ4n) is 0.926. The van der Waals surface area contributed by atoms with E-state index >= 15 is 0 Å². The van der Waals surface area contributed by atoms with Gasteiger partial charge in [-0.2, -0.15) is 0 Å². The van der Waals surface area contributed by atoms with Gasteiger partial charge >= 0.3 is 0 Å². The van der Waals surface area contributed by atoms with Crippen molar-refractivity contribution in [3.63, 3.8) is 0 Å². The SMILES string of the molecule is CCONC(=O)c1nc(C)sc1C. The van der Waals surface area contributed by atoms with Crippen LogP contribution in [0.15, 0.2) is 0 Å². The summed E-state index contributed by atoms with van der Waals surface area (Å²) in [5.41, 5.74) is 2.76. The highest BCUT2D eigenvalue weighted by atomic mass is 32.1. The van der Waals surface area contributed by atoms with Gasteiger partial charge in [-0.1, -0.05) is 0 Å². The minimum Gasteiger partial charge on any atom is -0.274 e. The second kappa shape index (κ2) is 4.34. The number of hydroxylamine groups is 1. The van der Waals surface area contributed by atoms with E-state index in [1.165, 1.54) is 11.3 Å². The topological polar surface area (TPSA) is 51.2 Å². The minimum absolute atomic E-state index is 0.274. The van der Waals surface area contributed by atoms with Gasteiger partial charge in [-0.05, 0) is 20.8 Å². The number of aromatic nitrogens is 1. The zero-order valence-corrected chi connectivity index (χ0v) is 8.70. The molecule has 0 saturated heterocycles. The molecule has 0 fully saturated rings. The Morgan fingerprint density at radius 2 is 2.31 bits per heavy atom. The molecule has 1 rings (SSSR count). The predicted molar refractivity (Wildman–Crippen MR) is 50.7 cm³/mol. The molecule has 0 atom stereocenters. The van der Waals surface area contributed by atoms with Crippen LogP contribution in [-0.2, 0) is 4.84 Å². The average Bonchev–Trinajstić information content (AvgIpc) is 2.41. The Balaban J connectivity index is 2.70. The number of hydrogen-bond acceptors (Lipinski definition) is 4. The first-order valence-electron chi connectivity index (χ1n) is 4.01. The highest BCUT2D eigenvalue weighted by molar-refractivity contribution is 7.11. The van der Waals surface area contributed by atoms with E-state index < -0.39 is 0 Å². The zero-order chi connectivity index (χ0) is 9.84. The van der Waals surface area contributed by atoms with Gasteiger partial charge in [-0.15, -0.1) is 11.3 Å². The van der Waals surface area contributed by atoms with Crippen molar-refractivity contribution in [2.45, 2.75) is 20.8 Å². The van der Waals surface area contributed by atoms with Crippen LogP contribution in [0, 0.1) is 13.8 Å². The summed E-state index contributed by atoms with van der Waals surface area (Å²) in [5, 5.41) is 0.888. The normalized spacial score (nSPS) is 10.1. The first kappa shape index (κ1) is 10.1. The molecule has 0 bridgehead atoms. The van der Waals surface area contributed by atoms with Crippen LogP contribution in [0.1, 0.15) is 27.3 Å². The number of nitrogens with zero attached hydrogens (tertiary/aromatic N) is 1. The number of nitrogens with one attached hydrogen (secondary N) is 1. The van der Waals surface area contributed by atoms with Gasteiger partial charge in [-0.25, -0.2) is 10.5 Å². The highest BCUT2D eigenvalue weighted by Gasteiger charge is 2.13. The van der Waals surface area contributed by atoms with Gasteiger partial charge in [0.15, 0.2) is 0 Å². The van der Waals surface area contributed by atoms with Crippen molar-refractivity contribution in [3.8, 4) is 0 Å². The van der Waals surface area contributed by atoms with Gasteiger partial charge in [0.25, 0.3) is 5.91 Å². The van der Waals surface area contributed by atoms with Crippen LogP contribution in [-0.4, -0.2) is 17.5 Å². The molecule has 1 aromatic rings. The third kappa shape index (κ3) is 2.50. The first-order chi connectivity index (χ1) is 6.15. The number of hydrogen-bond donors (Lipinski definition) is 1. The number of thiazole rings is 1. The van der Waals surface area contributed by atoms with Crippen LogP contribution in [0.5, 0.6) is 0 Å². The summed E-state index contributed by atoms with van der Waals surface area (Å²) in [4.78, 5) is 21.1. The third-order valence-electron chi connectivity index (χ3n) is 1.43. The molecule has 1 amide bonds. The lowest BCUT2D eigenvalue weighted by Crippen LogP contribution is -2.24. The van der Waals surface area contributed by atoms with Crippen LogP contribution < -0.4 is 5.48 Å². The van der Waals surface area contributed by atoms with E-state index in [1.54, 1.807) is 6.92 Å². The molecule has 72 valence electrons. The third-order valence-corrected chi connectivity index (χ3v) is 2.31. The monoisotopic (exact) mass is 200 g/mol. The molecular weight excluding hydrogens is 188 g/mol. The van der Waals surface area contributed by atoms with Crippen LogP contribution in [0.3, 0.4) is 0 Å². The Morgan fingerprint density at radius 3 is 2.77 bits per heavy atom. The lowest BCUT2D eigenvalue weighted by Gasteiger charge is -2.00. The maximum absolute atomic E-state index is 11.3. The molecule has 1 heterocycles. The van der Waals surface area contributed by atoms with Gasteiger partial charge in [0.1, 0.15) is 5.69 Å². The molecular formula is C8H12N2O2S. The number of carbonyl (C=O) groups excluding carboxylic acids is 1. The van der Waals surface area contributed by atoms with Crippen molar-refractivity contribution in [1.82, 2.24) is 10.5 Å². The molecule has 0 aliphatic heterocycles.